The molecule has 0 amide bonds. The van der Waals surface area contributed by atoms with Crippen molar-refractivity contribution in [3.05, 3.63) is 41.3 Å². The summed E-state index contributed by atoms with van der Waals surface area (Å²) in [4.78, 5) is 7.91. The summed E-state index contributed by atoms with van der Waals surface area (Å²) in [5.74, 6) is 1.32. The predicted molar refractivity (Wildman–Crippen MR) is 78.8 cm³/mol. The molecule has 0 bridgehead atoms. The molecule has 2 rings (SSSR count). The van der Waals surface area contributed by atoms with E-state index in [1.54, 1.807) is 0 Å². The lowest BCUT2D eigenvalue weighted by Gasteiger charge is -2.19. The van der Waals surface area contributed by atoms with Gasteiger partial charge in [-0.05, 0) is 23.1 Å². The molecule has 1 heterocycles. The normalized spacial score (nSPS) is 11.2. The zero-order chi connectivity index (χ0) is 14.8. The highest BCUT2D eigenvalue weighted by molar-refractivity contribution is 6.31. The Hall–Kier alpha value is -1.81. The fourth-order valence-electron chi connectivity index (χ4n) is 1.72. The van der Waals surface area contributed by atoms with E-state index in [0.29, 0.717) is 17.4 Å². The number of hydrogen-bond donors (Lipinski definition) is 0. The van der Waals surface area contributed by atoms with Crippen LogP contribution in [0.15, 0.2) is 30.6 Å². The highest BCUT2D eigenvalue weighted by Crippen LogP contribution is 2.34. The Kier molecular flexibility index (Phi) is 4.14. The fourth-order valence-corrected chi connectivity index (χ4v) is 1.92. The fraction of sp³-hybridized carbons (Fsp3) is 0.333. The number of benzene rings is 1. The zero-order valence-electron chi connectivity index (χ0n) is 12.0. The Morgan fingerprint density at radius 2 is 1.90 bits per heavy atom. The molecule has 2 aromatic rings. The molecule has 0 aliphatic heterocycles. The molecule has 0 aliphatic carbocycles. The van der Waals surface area contributed by atoms with Crippen LogP contribution in [-0.2, 0) is 5.41 Å². The van der Waals surface area contributed by atoms with Gasteiger partial charge in [0.05, 0.1) is 7.11 Å². The molecule has 0 unspecified atom stereocenters. The van der Waals surface area contributed by atoms with Gasteiger partial charge >= 0.3 is 0 Å². The van der Waals surface area contributed by atoms with Crippen LogP contribution in [0.5, 0.6) is 17.4 Å². The lowest BCUT2D eigenvalue weighted by molar-refractivity contribution is 0.367. The maximum Gasteiger partial charge on any atom is 0.267 e. The average molecular weight is 293 g/mol. The van der Waals surface area contributed by atoms with Crippen LogP contribution in [-0.4, -0.2) is 17.1 Å². The van der Waals surface area contributed by atoms with Crippen molar-refractivity contribution in [2.75, 3.05) is 7.11 Å². The minimum absolute atomic E-state index is 0.0484. The molecule has 4 nitrogen and oxygen atoms in total. The van der Waals surface area contributed by atoms with Gasteiger partial charge in [0.15, 0.2) is 5.15 Å². The van der Waals surface area contributed by atoms with Crippen molar-refractivity contribution in [2.45, 2.75) is 26.2 Å². The Labute approximate surface area is 123 Å². The van der Waals surface area contributed by atoms with Gasteiger partial charge in [-0.1, -0.05) is 44.5 Å². The Morgan fingerprint density at radius 1 is 1.15 bits per heavy atom. The van der Waals surface area contributed by atoms with Gasteiger partial charge in [-0.3, -0.25) is 0 Å². The van der Waals surface area contributed by atoms with E-state index in [-0.39, 0.29) is 10.6 Å². The molecule has 1 aromatic carbocycles. The maximum atomic E-state index is 5.94. The topological polar surface area (TPSA) is 44.2 Å². The average Bonchev–Trinajstić information content (AvgIpc) is 2.38. The molecule has 20 heavy (non-hydrogen) atoms. The standard InChI is InChI=1S/C15H17ClN2O2/c1-15(2,3)10-6-5-7-11(8-10)20-14-12(19-4)13(16)17-9-18-14/h5-9H,1-4H3. The second-order valence-corrected chi connectivity index (χ2v) is 5.74. The predicted octanol–water partition coefficient (Wildman–Crippen LogP) is 4.23. The second-order valence-electron chi connectivity index (χ2n) is 5.38. The van der Waals surface area contributed by atoms with Crippen molar-refractivity contribution >= 4 is 11.6 Å². The number of ether oxygens (including phenoxy) is 2. The first-order valence-electron chi connectivity index (χ1n) is 6.24. The van der Waals surface area contributed by atoms with E-state index in [2.05, 4.69) is 36.8 Å². The summed E-state index contributed by atoms with van der Waals surface area (Å²) in [5.41, 5.74) is 1.22. The van der Waals surface area contributed by atoms with Gasteiger partial charge < -0.3 is 9.47 Å². The van der Waals surface area contributed by atoms with Gasteiger partial charge in [0.2, 0.25) is 5.75 Å². The number of halogens is 1. The van der Waals surface area contributed by atoms with Crippen molar-refractivity contribution in [1.82, 2.24) is 9.97 Å². The Balaban J connectivity index is 2.34. The minimum Gasteiger partial charge on any atom is -0.489 e. The highest BCUT2D eigenvalue weighted by atomic mass is 35.5. The van der Waals surface area contributed by atoms with Crippen molar-refractivity contribution in [3.8, 4) is 17.4 Å². The molecule has 0 atom stereocenters. The summed E-state index contributed by atoms with van der Waals surface area (Å²) in [7, 11) is 1.50. The molecule has 0 fully saturated rings. The van der Waals surface area contributed by atoms with E-state index in [4.69, 9.17) is 21.1 Å². The van der Waals surface area contributed by atoms with Crippen LogP contribution >= 0.6 is 11.6 Å². The zero-order valence-corrected chi connectivity index (χ0v) is 12.7. The van der Waals surface area contributed by atoms with Crippen LogP contribution in [0.3, 0.4) is 0 Å². The quantitative estimate of drug-likeness (QED) is 0.794. The third-order valence-corrected chi connectivity index (χ3v) is 3.12. The van der Waals surface area contributed by atoms with E-state index in [1.807, 2.05) is 18.2 Å². The van der Waals surface area contributed by atoms with Crippen molar-refractivity contribution in [1.29, 1.82) is 0 Å². The number of hydrogen-bond acceptors (Lipinski definition) is 4. The third kappa shape index (κ3) is 3.20. The lowest BCUT2D eigenvalue weighted by Crippen LogP contribution is -2.10. The molecule has 0 N–H and O–H groups in total. The summed E-state index contributed by atoms with van der Waals surface area (Å²) in [6.07, 6.45) is 1.34. The van der Waals surface area contributed by atoms with Crippen molar-refractivity contribution in [2.24, 2.45) is 0 Å². The molecule has 1 aromatic heterocycles. The van der Waals surface area contributed by atoms with Crippen molar-refractivity contribution < 1.29 is 9.47 Å². The first kappa shape index (κ1) is 14.6. The number of aromatic nitrogens is 2. The van der Waals surface area contributed by atoms with Crippen LogP contribution in [0.2, 0.25) is 5.15 Å². The van der Waals surface area contributed by atoms with Crippen molar-refractivity contribution in [3.63, 3.8) is 0 Å². The summed E-state index contributed by atoms with van der Waals surface area (Å²) in [6, 6.07) is 7.86. The number of rotatable bonds is 3. The van der Waals surface area contributed by atoms with E-state index in [1.165, 1.54) is 19.0 Å². The van der Waals surface area contributed by atoms with Crippen LogP contribution in [0.1, 0.15) is 26.3 Å². The summed E-state index contributed by atoms with van der Waals surface area (Å²) < 4.78 is 10.9. The van der Waals surface area contributed by atoms with Gasteiger partial charge in [-0.15, -0.1) is 0 Å². The molecule has 0 radical (unpaired) electrons. The van der Waals surface area contributed by atoms with E-state index < -0.39 is 0 Å². The Morgan fingerprint density at radius 3 is 2.55 bits per heavy atom. The summed E-state index contributed by atoms with van der Waals surface area (Å²) in [5, 5.41) is 0.226. The van der Waals surface area contributed by atoms with Crippen LogP contribution in [0, 0.1) is 0 Å². The molecule has 5 heteroatoms. The van der Waals surface area contributed by atoms with Gasteiger partial charge in [-0.25, -0.2) is 4.98 Å². The first-order valence-corrected chi connectivity index (χ1v) is 6.62. The number of nitrogens with zero attached hydrogens (tertiary/aromatic N) is 2. The second kappa shape index (κ2) is 5.67. The van der Waals surface area contributed by atoms with E-state index in [0.717, 1.165) is 0 Å². The van der Waals surface area contributed by atoms with E-state index >= 15 is 0 Å². The molecule has 0 saturated heterocycles. The van der Waals surface area contributed by atoms with E-state index in [9.17, 15) is 0 Å². The minimum atomic E-state index is 0.0484. The summed E-state index contributed by atoms with van der Waals surface area (Å²) >= 11 is 5.94. The first-order chi connectivity index (χ1) is 9.41. The molecular weight excluding hydrogens is 276 g/mol. The van der Waals surface area contributed by atoms with Crippen LogP contribution in [0.25, 0.3) is 0 Å². The maximum absolute atomic E-state index is 5.94. The molecule has 0 spiro atoms. The lowest BCUT2D eigenvalue weighted by atomic mass is 9.87. The third-order valence-electron chi connectivity index (χ3n) is 2.85. The SMILES string of the molecule is COc1c(Cl)ncnc1Oc1cccc(C(C)(C)C)c1. The Bertz CT molecular complexity index is 609. The van der Waals surface area contributed by atoms with Crippen LogP contribution < -0.4 is 9.47 Å². The monoisotopic (exact) mass is 292 g/mol. The highest BCUT2D eigenvalue weighted by Gasteiger charge is 2.16. The van der Waals surface area contributed by atoms with Crippen LogP contribution in [0.4, 0.5) is 0 Å². The van der Waals surface area contributed by atoms with Gasteiger partial charge in [0, 0.05) is 0 Å². The molecule has 106 valence electrons. The molecule has 0 aliphatic rings. The smallest absolute Gasteiger partial charge is 0.267 e. The number of methoxy groups -OCH3 is 1. The van der Waals surface area contributed by atoms with Gasteiger partial charge in [-0.2, -0.15) is 4.98 Å². The van der Waals surface area contributed by atoms with Gasteiger partial charge in [0.25, 0.3) is 5.88 Å². The summed E-state index contributed by atoms with van der Waals surface area (Å²) in [6.45, 7) is 6.44. The largest absolute Gasteiger partial charge is 0.489 e. The molecular formula is C15H17ClN2O2. The van der Waals surface area contributed by atoms with Gasteiger partial charge in [0.1, 0.15) is 12.1 Å². The molecule has 0 saturated carbocycles.